The third-order valence-corrected chi connectivity index (χ3v) is 5.51. The van der Waals surface area contributed by atoms with E-state index in [2.05, 4.69) is 0 Å². The molecule has 33 heavy (non-hydrogen) atoms. The predicted molar refractivity (Wildman–Crippen MR) is 124 cm³/mol. The fraction of sp³-hybridized carbons (Fsp3) is 0.160. The van der Waals surface area contributed by atoms with Crippen LogP contribution in [-0.2, 0) is 22.7 Å². The number of rotatable bonds is 8. The van der Waals surface area contributed by atoms with Gasteiger partial charge in [-0.1, -0.05) is 60.1 Å². The first-order valence-electron chi connectivity index (χ1n) is 10.2. The minimum absolute atomic E-state index is 0.0683. The Bertz CT molecular complexity index is 1390. The highest BCUT2D eigenvalue weighted by Gasteiger charge is 2.20. The highest BCUT2D eigenvalue weighted by Crippen LogP contribution is 2.22. The quantitative estimate of drug-likeness (QED) is 0.415. The second kappa shape index (κ2) is 9.85. The number of carboxylic acids is 1. The molecule has 4 rings (SSSR count). The second-order valence-corrected chi connectivity index (χ2v) is 7.89. The molecule has 1 N–H and O–H groups in total. The summed E-state index contributed by atoms with van der Waals surface area (Å²) >= 11 is 5.92. The Morgan fingerprint density at radius 3 is 2.27 bits per heavy atom. The molecule has 0 aliphatic carbocycles. The number of hydrogen-bond acceptors (Lipinski definition) is 5. The van der Waals surface area contributed by atoms with Gasteiger partial charge < -0.3 is 14.3 Å². The summed E-state index contributed by atoms with van der Waals surface area (Å²) in [7, 11) is 0. The highest BCUT2D eigenvalue weighted by atomic mass is 35.5. The zero-order chi connectivity index (χ0) is 23.4. The van der Waals surface area contributed by atoms with E-state index in [-0.39, 0.29) is 30.5 Å². The molecule has 0 bridgehead atoms. The molecular weight excluding hydrogens is 446 g/mol. The molecule has 1 heterocycles. The summed E-state index contributed by atoms with van der Waals surface area (Å²) in [6, 6.07) is 21.4. The SMILES string of the molecule is O=C(O)C(CCn1c(=O)oc2ccccc2c1=O)OCc1ccc(-c2ccc(Cl)cc2)cc1. The number of benzene rings is 3. The van der Waals surface area contributed by atoms with E-state index in [1.165, 1.54) is 6.07 Å². The molecule has 8 heteroatoms. The van der Waals surface area contributed by atoms with Gasteiger partial charge in [-0.2, -0.15) is 0 Å². The van der Waals surface area contributed by atoms with Gasteiger partial charge in [-0.3, -0.25) is 4.79 Å². The van der Waals surface area contributed by atoms with Gasteiger partial charge in [0, 0.05) is 18.0 Å². The number of halogens is 1. The molecule has 1 aromatic heterocycles. The molecule has 0 saturated heterocycles. The standard InChI is InChI=1S/C25H20ClNO6/c26-19-11-9-18(10-12-19)17-7-5-16(6-8-17)15-32-22(24(29)30)13-14-27-23(28)20-3-1-2-4-21(20)33-25(27)31/h1-12,22H,13-15H2,(H,29,30). The van der Waals surface area contributed by atoms with Gasteiger partial charge in [0.25, 0.3) is 5.56 Å². The van der Waals surface area contributed by atoms with Crippen molar-refractivity contribution in [3.05, 3.63) is 104 Å². The van der Waals surface area contributed by atoms with Gasteiger partial charge in [0.1, 0.15) is 5.58 Å². The lowest BCUT2D eigenvalue weighted by atomic mass is 10.0. The molecule has 0 saturated carbocycles. The van der Waals surface area contributed by atoms with E-state index >= 15 is 0 Å². The van der Waals surface area contributed by atoms with E-state index in [4.69, 9.17) is 20.8 Å². The van der Waals surface area contributed by atoms with Gasteiger partial charge in [-0.25, -0.2) is 14.2 Å². The van der Waals surface area contributed by atoms with E-state index in [9.17, 15) is 19.5 Å². The molecule has 3 aromatic carbocycles. The summed E-state index contributed by atoms with van der Waals surface area (Å²) in [4.78, 5) is 36.4. The lowest BCUT2D eigenvalue weighted by molar-refractivity contribution is -0.151. The Kier molecular flexibility index (Phi) is 6.72. The number of fused-ring (bicyclic) bond motifs is 1. The van der Waals surface area contributed by atoms with E-state index in [1.807, 2.05) is 48.5 Å². The van der Waals surface area contributed by atoms with Gasteiger partial charge in [0.2, 0.25) is 0 Å². The average Bonchev–Trinajstić information content (AvgIpc) is 2.81. The first kappa shape index (κ1) is 22.5. The van der Waals surface area contributed by atoms with Crippen LogP contribution in [0.2, 0.25) is 5.02 Å². The number of para-hydroxylation sites is 1. The van der Waals surface area contributed by atoms with Gasteiger partial charge >= 0.3 is 11.7 Å². The van der Waals surface area contributed by atoms with Crippen molar-refractivity contribution >= 4 is 28.5 Å². The monoisotopic (exact) mass is 465 g/mol. The molecule has 0 spiro atoms. The Morgan fingerprint density at radius 1 is 0.970 bits per heavy atom. The van der Waals surface area contributed by atoms with Crippen LogP contribution in [0.1, 0.15) is 12.0 Å². The van der Waals surface area contributed by atoms with Crippen LogP contribution in [0.5, 0.6) is 0 Å². The fourth-order valence-corrected chi connectivity index (χ4v) is 3.59. The summed E-state index contributed by atoms with van der Waals surface area (Å²) < 4.78 is 11.6. The van der Waals surface area contributed by atoms with Gasteiger partial charge in [0.15, 0.2) is 6.10 Å². The fourth-order valence-electron chi connectivity index (χ4n) is 3.46. The van der Waals surface area contributed by atoms with Crippen molar-refractivity contribution in [1.82, 2.24) is 4.57 Å². The molecule has 1 unspecified atom stereocenters. The molecule has 7 nitrogen and oxygen atoms in total. The van der Waals surface area contributed by atoms with E-state index in [1.54, 1.807) is 18.2 Å². The number of aromatic nitrogens is 1. The van der Waals surface area contributed by atoms with Crippen molar-refractivity contribution in [1.29, 1.82) is 0 Å². The third kappa shape index (κ3) is 5.22. The van der Waals surface area contributed by atoms with Crippen LogP contribution in [0, 0.1) is 0 Å². The Morgan fingerprint density at radius 2 is 1.61 bits per heavy atom. The van der Waals surface area contributed by atoms with Crippen molar-refractivity contribution < 1.29 is 19.1 Å². The van der Waals surface area contributed by atoms with Gasteiger partial charge in [-0.05, 0) is 41.0 Å². The van der Waals surface area contributed by atoms with Crippen LogP contribution >= 0.6 is 11.6 Å². The largest absolute Gasteiger partial charge is 0.479 e. The van der Waals surface area contributed by atoms with Crippen LogP contribution in [0.15, 0.2) is 86.8 Å². The number of carboxylic acid groups (broad SMARTS) is 1. The van der Waals surface area contributed by atoms with Crippen LogP contribution in [-0.4, -0.2) is 21.7 Å². The lowest BCUT2D eigenvalue weighted by Gasteiger charge is -2.14. The lowest BCUT2D eigenvalue weighted by Crippen LogP contribution is -2.35. The van der Waals surface area contributed by atoms with Crippen molar-refractivity contribution in [3.63, 3.8) is 0 Å². The summed E-state index contributed by atoms with van der Waals surface area (Å²) in [5.74, 6) is -2.01. The normalized spacial score (nSPS) is 12.0. The van der Waals surface area contributed by atoms with Crippen molar-refractivity contribution in [2.45, 2.75) is 25.7 Å². The average molecular weight is 466 g/mol. The third-order valence-electron chi connectivity index (χ3n) is 5.25. The van der Waals surface area contributed by atoms with E-state index in [0.29, 0.717) is 5.02 Å². The predicted octanol–water partition coefficient (Wildman–Crippen LogP) is 4.34. The molecule has 0 amide bonds. The minimum atomic E-state index is -1.20. The van der Waals surface area contributed by atoms with Crippen LogP contribution in [0.25, 0.3) is 22.1 Å². The zero-order valence-corrected chi connectivity index (χ0v) is 18.2. The molecule has 1 atom stereocenters. The molecule has 0 fully saturated rings. The molecule has 0 aliphatic heterocycles. The van der Waals surface area contributed by atoms with Crippen molar-refractivity contribution in [3.8, 4) is 11.1 Å². The zero-order valence-electron chi connectivity index (χ0n) is 17.4. The second-order valence-electron chi connectivity index (χ2n) is 7.45. The Labute approximate surface area is 193 Å². The number of ether oxygens (including phenoxy) is 1. The molecule has 4 aromatic rings. The maximum Gasteiger partial charge on any atom is 0.422 e. The number of nitrogens with zero attached hydrogens (tertiary/aromatic N) is 1. The smallest absolute Gasteiger partial charge is 0.422 e. The summed E-state index contributed by atoms with van der Waals surface area (Å²) in [6.07, 6.45) is -1.26. The molecular formula is C25H20ClNO6. The summed E-state index contributed by atoms with van der Waals surface area (Å²) in [5, 5.41) is 10.4. The van der Waals surface area contributed by atoms with Crippen molar-refractivity contribution in [2.24, 2.45) is 0 Å². The molecule has 0 aliphatic rings. The van der Waals surface area contributed by atoms with E-state index in [0.717, 1.165) is 21.3 Å². The Balaban J connectivity index is 1.42. The maximum atomic E-state index is 12.6. The van der Waals surface area contributed by atoms with Crippen LogP contribution in [0.4, 0.5) is 0 Å². The van der Waals surface area contributed by atoms with Gasteiger partial charge in [0.05, 0.1) is 12.0 Å². The summed E-state index contributed by atoms with van der Waals surface area (Å²) in [5.41, 5.74) is 2.46. The number of aliphatic carboxylic acids is 1. The number of hydrogen-bond donors (Lipinski definition) is 1. The van der Waals surface area contributed by atoms with E-state index < -0.39 is 23.4 Å². The number of carbonyl (C=O) groups is 1. The van der Waals surface area contributed by atoms with Crippen LogP contribution < -0.4 is 11.3 Å². The maximum absolute atomic E-state index is 12.6. The molecule has 168 valence electrons. The molecule has 0 radical (unpaired) electrons. The first-order chi connectivity index (χ1) is 15.9. The van der Waals surface area contributed by atoms with Crippen molar-refractivity contribution in [2.75, 3.05) is 0 Å². The van der Waals surface area contributed by atoms with Gasteiger partial charge in [-0.15, -0.1) is 0 Å². The minimum Gasteiger partial charge on any atom is -0.479 e. The highest BCUT2D eigenvalue weighted by molar-refractivity contribution is 6.30. The summed E-state index contributed by atoms with van der Waals surface area (Å²) in [6.45, 7) is -0.0719. The topological polar surface area (TPSA) is 98.7 Å². The first-order valence-corrected chi connectivity index (χ1v) is 10.6. The van der Waals surface area contributed by atoms with Crippen LogP contribution in [0.3, 0.4) is 0 Å². The Hall–Kier alpha value is -3.68.